The minimum atomic E-state index is -0.909. The summed E-state index contributed by atoms with van der Waals surface area (Å²) in [5.74, 6) is -0.192. The third kappa shape index (κ3) is 2.13. The van der Waals surface area contributed by atoms with Crippen molar-refractivity contribution in [1.29, 1.82) is 0 Å². The van der Waals surface area contributed by atoms with Gasteiger partial charge < -0.3 is 15.2 Å². The Bertz CT molecular complexity index is 454. The number of carboxylic acid groups (broad SMARTS) is 1. The maximum absolute atomic E-state index is 10.9. The lowest BCUT2D eigenvalue weighted by Gasteiger charge is -2.27. The van der Waals surface area contributed by atoms with Gasteiger partial charge in [-0.1, -0.05) is 6.07 Å². The first-order valence-corrected chi connectivity index (χ1v) is 6.00. The summed E-state index contributed by atoms with van der Waals surface area (Å²) in [5, 5.41) is 12.5. The summed E-state index contributed by atoms with van der Waals surface area (Å²) in [4.78, 5) is 10.9. The van der Waals surface area contributed by atoms with E-state index in [0.29, 0.717) is 24.4 Å². The van der Waals surface area contributed by atoms with Crippen molar-refractivity contribution in [3.63, 3.8) is 0 Å². The van der Waals surface area contributed by atoms with Gasteiger partial charge in [0.1, 0.15) is 5.75 Å². The monoisotopic (exact) mass is 233 g/mol. The molecule has 0 saturated heterocycles. The summed E-state index contributed by atoms with van der Waals surface area (Å²) in [5.41, 5.74) is 1.38. The fourth-order valence-electron chi connectivity index (χ4n) is 2.23. The average molecular weight is 233 g/mol. The smallest absolute Gasteiger partial charge is 0.335 e. The van der Waals surface area contributed by atoms with Crippen LogP contribution in [-0.2, 0) is 0 Å². The van der Waals surface area contributed by atoms with Crippen LogP contribution < -0.4 is 10.1 Å². The number of fused-ring (bicyclic) bond motifs is 1. The van der Waals surface area contributed by atoms with E-state index in [-0.39, 0.29) is 5.56 Å². The van der Waals surface area contributed by atoms with Crippen LogP contribution in [0.5, 0.6) is 5.75 Å². The van der Waals surface area contributed by atoms with Crippen molar-refractivity contribution in [3.8, 4) is 5.75 Å². The Balaban J connectivity index is 1.88. The number of aromatic carboxylic acids is 1. The molecule has 0 radical (unpaired) electrons. The molecule has 1 heterocycles. The largest absolute Gasteiger partial charge is 0.493 e. The zero-order valence-electron chi connectivity index (χ0n) is 9.48. The van der Waals surface area contributed by atoms with Gasteiger partial charge >= 0.3 is 5.97 Å². The van der Waals surface area contributed by atoms with Crippen molar-refractivity contribution in [2.75, 3.05) is 6.61 Å². The standard InChI is InChI=1S/C13H15NO3/c15-13(16)8-1-4-10-11(14-9-2-3-9)5-6-17-12(10)7-8/h1,4,7,9,11,14H,2-3,5-6H2,(H,15,16). The van der Waals surface area contributed by atoms with Crippen LogP contribution in [0, 0.1) is 0 Å². The second-order valence-electron chi connectivity index (χ2n) is 4.69. The molecule has 4 heteroatoms. The van der Waals surface area contributed by atoms with Gasteiger partial charge in [-0.2, -0.15) is 0 Å². The molecule has 0 spiro atoms. The van der Waals surface area contributed by atoms with Crippen LogP contribution in [0.1, 0.15) is 41.2 Å². The third-order valence-corrected chi connectivity index (χ3v) is 3.31. The SMILES string of the molecule is O=C(O)c1ccc2c(c1)OCCC2NC1CC1. The number of carboxylic acids is 1. The van der Waals surface area contributed by atoms with E-state index in [0.717, 1.165) is 12.0 Å². The Hall–Kier alpha value is -1.55. The summed E-state index contributed by atoms with van der Waals surface area (Å²) in [7, 11) is 0. The van der Waals surface area contributed by atoms with Crippen LogP contribution in [0.4, 0.5) is 0 Å². The van der Waals surface area contributed by atoms with Crippen LogP contribution in [0.25, 0.3) is 0 Å². The van der Waals surface area contributed by atoms with Crippen molar-refractivity contribution < 1.29 is 14.6 Å². The van der Waals surface area contributed by atoms with Gasteiger partial charge in [0, 0.05) is 24.1 Å². The maximum Gasteiger partial charge on any atom is 0.335 e. The first-order chi connectivity index (χ1) is 8.24. The minimum absolute atomic E-state index is 0.288. The molecule has 1 aromatic rings. The van der Waals surface area contributed by atoms with Gasteiger partial charge in [0.05, 0.1) is 12.2 Å². The zero-order chi connectivity index (χ0) is 11.8. The minimum Gasteiger partial charge on any atom is -0.493 e. The highest BCUT2D eigenvalue weighted by molar-refractivity contribution is 5.88. The van der Waals surface area contributed by atoms with E-state index in [1.54, 1.807) is 12.1 Å². The molecule has 1 atom stereocenters. The number of benzene rings is 1. The molecule has 0 bridgehead atoms. The van der Waals surface area contributed by atoms with Crippen molar-refractivity contribution in [1.82, 2.24) is 5.32 Å². The van der Waals surface area contributed by atoms with Gasteiger partial charge in [-0.25, -0.2) is 4.79 Å². The quantitative estimate of drug-likeness (QED) is 0.838. The van der Waals surface area contributed by atoms with E-state index >= 15 is 0 Å². The Morgan fingerprint density at radius 2 is 2.18 bits per heavy atom. The maximum atomic E-state index is 10.9. The van der Waals surface area contributed by atoms with Gasteiger partial charge in [-0.05, 0) is 25.0 Å². The molecule has 1 unspecified atom stereocenters. The molecule has 0 amide bonds. The van der Waals surface area contributed by atoms with Crippen molar-refractivity contribution in [2.24, 2.45) is 0 Å². The first kappa shape index (κ1) is 10.6. The second kappa shape index (κ2) is 4.04. The van der Waals surface area contributed by atoms with Gasteiger partial charge in [0.2, 0.25) is 0 Å². The summed E-state index contributed by atoms with van der Waals surface area (Å²) in [6.07, 6.45) is 3.45. The molecule has 2 N–H and O–H groups in total. The number of rotatable bonds is 3. The van der Waals surface area contributed by atoms with E-state index in [9.17, 15) is 4.79 Å². The molecule has 1 aliphatic carbocycles. The Morgan fingerprint density at radius 1 is 1.35 bits per heavy atom. The molecule has 1 aliphatic heterocycles. The van der Waals surface area contributed by atoms with Crippen LogP contribution in [0.2, 0.25) is 0 Å². The number of ether oxygens (including phenoxy) is 1. The molecular formula is C13H15NO3. The van der Waals surface area contributed by atoms with Crippen LogP contribution in [-0.4, -0.2) is 23.7 Å². The molecule has 0 aromatic heterocycles. The highest BCUT2D eigenvalue weighted by Gasteiger charge is 2.29. The molecule has 90 valence electrons. The first-order valence-electron chi connectivity index (χ1n) is 6.00. The Labute approximate surface area is 99.6 Å². The lowest BCUT2D eigenvalue weighted by molar-refractivity contribution is 0.0696. The fraction of sp³-hybridized carbons (Fsp3) is 0.462. The van der Waals surface area contributed by atoms with Gasteiger partial charge in [-0.3, -0.25) is 0 Å². The number of carbonyl (C=O) groups is 1. The predicted octanol–water partition coefficient (Wildman–Crippen LogP) is 1.96. The summed E-state index contributed by atoms with van der Waals surface area (Å²) in [6.45, 7) is 0.653. The van der Waals surface area contributed by atoms with E-state index in [2.05, 4.69) is 5.32 Å². The third-order valence-electron chi connectivity index (χ3n) is 3.31. The van der Waals surface area contributed by atoms with Crippen molar-refractivity contribution in [2.45, 2.75) is 31.3 Å². The molecule has 1 saturated carbocycles. The average Bonchev–Trinajstić information content (AvgIpc) is 3.12. The molecule has 2 aliphatic rings. The normalized spacial score (nSPS) is 22.7. The highest BCUT2D eigenvalue weighted by atomic mass is 16.5. The molecule has 4 nitrogen and oxygen atoms in total. The number of nitrogens with one attached hydrogen (secondary N) is 1. The summed E-state index contributed by atoms with van der Waals surface area (Å²) in [6, 6.07) is 6.10. The van der Waals surface area contributed by atoms with Crippen LogP contribution in [0.3, 0.4) is 0 Å². The Morgan fingerprint density at radius 3 is 2.88 bits per heavy atom. The summed E-state index contributed by atoms with van der Waals surface area (Å²) >= 11 is 0. The van der Waals surface area contributed by atoms with Gasteiger partial charge in [0.15, 0.2) is 0 Å². The fourth-order valence-corrected chi connectivity index (χ4v) is 2.23. The molecule has 3 rings (SSSR count). The van der Waals surface area contributed by atoms with Gasteiger partial charge in [0.25, 0.3) is 0 Å². The lowest BCUT2D eigenvalue weighted by atomic mass is 9.98. The van der Waals surface area contributed by atoms with Gasteiger partial charge in [-0.15, -0.1) is 0 Å². The second-order valence-corrected chi connectivity index (χ2v) is 4.69. The van der Waals surface area contributed by atoms with E-state index in [1.165, 1.54) is 12.8 Å². The highest BCUT2D eigenvalue weighted by Crippen LogP contribution is 2.35. The van der Waals surface area contributed by atoms with Crippen molar-refractivity contribution >= 4 is 5.97 Å². The number of hydrogen-bond donors (Lipinski definition) is 2. The molecule has 1 fully saturated rings. The zero-order valence-corrected chi connectivity index (χ0v) is 9.48. The lowest BCUT2D eigenvalue weighted by Crippen LogP contribution is -2.28. The Kier molecular flexibility index (Phi) is 2.52. The van der Waals surface area contributed by atoms with E-state index in [4.69, 9.17) is 9.84 Å². The van der Waals surface area contributed by atoms with Crippen molar-refractivity contribution in [3.05, 3.63) is 29.3 Å². The van der Waals surface area contributed by atoms with E-state index < -0.39 is 5.97 Å². The molecule has 17 heavy (non-hydrogen) atoms. The molecular weight excluding hydrogens is 218 g/mol. The number of hydrogen-bond acceptors (Lipinski definition) is 3. The topological polar surface area (TPSA) is 58.6 Å². The van der Waals surface area contributed by atoms with Crippen LogP contribution >= 0.6 is 0 Å². The van der Waals surface area contributed by atoms with E-state index in [1.807, 2.05) is 6.07 Å². The predicted molar refractivity (Wildman–Crippen MR) is 62.4 cm³/mol. The van der Waals surface area contributed by atoms with Crippen LogP contribution in [0.15, 0.2) is 18.2 Å². The molecule has 1 aromatic carbocycles. The summed E-state index contributed by atoms with van der Waals surface area (Å²) < 4.78 is 5.54.